The maximum Gasteiger partial charge on any atom is 0.339 e. The van der Waals surface area contributed by atoms with Crippen molar-refractivity contribution in [3.05, 3.63) is 69.6 Å². The van der Waals surface area contributed by atoms with Crippen LogP contribution in [-0.4, -0.2) is 31.6 Å². The van der Waals surface area contributed by atoms with Crippen LogP contribution in [0.5, 0.6) is 11.5 Å². The number of carbonyl (C=O) groups excluding carboxylic acids is 2. The highest BCUT2D eigenvalue weighted by atomic mass is 16.5. The Bertz CT molecular complexity index is 1180. The van der Waals surface area contributed by atoms with Gasteiger partial charge in [-0.2, -0.15) is 0 Å². The maximum atomic E-state index is 12.5. The topological polar surface area (TPSA) is 92.0 Å². The molecular weight excluding hydrogens is 412 g/mol. The smallest absolute Gasteiger partial charge is 0.339 e. The maximum absolute atomic E-state index is 12.5. The Kier molecular flexibility index (Phi) is 7.30. The fraction of sp³-hybridized carbons (Fsp3) is 0.320. The van der Waals surface area contributed by atoms with Crippen LogP contribution in [0.4, 0.5) is 0 Å². The van der Waals surface area contributed by atoms with Crippen LogP contribution in [0, 0.1) is 6.92 Å². The molecule has 0 aliphatic heterocycles. The number of fused-ring (bicyclic) bond motifs is 1. The number of esters is 1. The van der Waals surface area contributed by atoms with Gasteiger partial charge in [0, 0.05) is 29.0 Å². The van der Waals surface area contributed by atoms with Crippen molar-refractivity contribution in [1.82, 2.24) is 0 Å². The largest absolute Gasteiger partial charge is 0.497 e. The van der Waals surface area contributed by atoms with Gasteiger partial charge in [-0.3, -0.25) is 9.59 Å². The number of ether oxygens (including phenoxy) is 3. The number of hydrogen-bond acceptors (Lipinski definition) is 7. The molecule has 32 heavy (non-hydrogen) atoms. The molecule has 0 spiro atoms. The quantitative estimate of drug-likeness (QED) is 0.280. The van der Waals surface area contributed by atoms with E-state index in [1.807, 2.05) is 19.9 Å². The summed E-state index contributed by atoms with van der Waals surface area (Å²) in [6, 6.07) is 11.9. The van der Waals surface area contributed by atoms with E-state index in [0.717, 1.165) is 10.9 Å². The molecule has 3 rings (SSSR count). The molecule has 0 aliphatic rings. The lowest BCUT2D eigenvalue weighted by Gasteiger charge is -2.13. The lowest BCUT2D eigenvalue weighted by Crippen LogP contribution is -2.25. The molecule has 0 radical (unpaired) electrons. The van der Waals surface area contributed by atoms with Crippen molar-refractivity contribution in [2.24, 2.45) is 0 Å². The van der Waals surface area contributed by atoms with E-state index in [2.05, 4.69) is 0 Å². The second-order valence-corrected chi connectivity index (χ2v) is 7.31. The first-order chi connectivity index (χ1) is 15.3. The van der Waals surface area contributed by atoms with Gasteiger partial charge in [0.1, 0.15) is 17.1 Å². The van der Waals surface area contributed by atoms with Crippen LogP contribution in [-0.2, 0) is 16.0 Å². The number of carbonyl (C=O) groups is 2. The lowest BCUT2D eigenvalue weighted by molar-refractivity contribution is -0.146. The number of aryl methyl sites for hydroxylation is 1. The van der Waals surface area contributed by atoms with Crippen LogP contribution in [0.2, 0.25) is 0 Å². The fourth-order valence-corrected chi connectivity index (χ4v) is 3.44. The predicted octanol–water partition coefficient (Wildman–Crippen LogP) is 4.26. The summed E-state index contributed by atoms with van der Waals surface area (Å²) in [5.74, 6) is 0.376. The molecule has 168 valence electrons. The molecule has 7 nitrogen and oxygen atoms in total. The highest BCUT2D eigenvalue weighted by molar-refractivity contribution is 6.00. The molecule has 0 N–H and O–H groups in total. The van der Waals surface area contributed by atoms with Gasteiger partial charge in [-0.15, -0.1) is 0 Å². The molecule has 7 heteroatoms. The van der Waals surface area contributed by atoms with Crippen LogP contribution >= 0.6 is 0 Å². The Morgan fingerprint density at radius 2 is 1.75 bits per heavy atom. The van der Waals surface area contributed by atoms with Crippen molar-refractivity contribution < 1.29 is 28.2 Å². The molecule has 1 aromatic heterocycles. The van der Waals surface area contributed by atoms with Gasteiger partial charge in [-0.05, 0) is 69.2 Å². The van der Waals surface area contributed by atoms with Crippen molar-refractivity contribution in [2.45, 2.75) is 39.7 Å². The number of rotatable bonds is 9. The molecule has 0 unspecified atom stereocenters. The van der Waals surface area contributed by atoms with E-state index in [-0.39, 0.29) is 18.6 Å². The zero-order valence-electron chi connectivity index (χ0n) is 18.6. The van der Waals surface area contributed by atoms with E-state index in [1.54, 1.807) is 36.4 Å². The summed E-state index contributed by atoms with van der Waals surface area (Å²) < 4.78 is 21.2. The molecule has 0 fully saturated rings. The molecule has 0 saturated carbocycles. The van der Waals surface area contributed by atoms with Gasteiger partial charge in [-0.25, -0.2) is 4.79 Å². The Morgan fingerprint density at radius 3 is 2.41 bits per heavy atom. The third-order valence-electron chi connectivity index (χ3n) is 5.20. The highest BCUT2D eigenvalue weighted by Gasteiger charge is 2.21. The molecule has 0 aliphatic carbocycles. The van der Waals surface area contributed by atoms with Gasteiger partial charge in [0.15, 0.2) is 6.10 Å². The molecule has 3 aromatic rings. The Morgan fingerprint density at radius 1 is 1.06 bits per heavy atom. The zero-order chi connectivity index (χ0) is 23.3. The van der Waals surface area contributed by atoms with E-state index in [0.29, 0.717) is 34.8 Å². The average Bonchev–Trinajstić information content (AvgIpc) is 2.78. The summed E-state index contributed by atoms with van der Waals surface area (Å²) in [6.07, 6.45) is -0.838. The van der Waals surface area contributed by atoms with Crippen molar-refractivity contribution in [1.29, 1.82) is 0 Å². The van der Waals surface area contributed by atoms with Gasteiger partial charge in [-0.1, -0.05) is 0 Å². The first kappa shape index (κ1) is 23.1. The van der Waals surface area contributed by atoms with Crippen LogP contribution in [0.25, 0.3) is 11.0 Å². The lowest BCUT2D eigenvalue weighted by atomic mass is 10.0. The van der Waals surface area contributed by atoms with E-state index >= 15 is 0 Å². The predicted molar refractivity (Wildman–Crippen MR) is 120 cm³/mol. The second-order valence-electron chi connectivity index (χ2n) is 7.31. The highest BCUT2D eigenvalue weighted by Crippen LogP contribution is 2.24. The average molecular weight is 438 g/mol. The molecule has 0 saturated heterocycles. The van der Waals surface area contributed by atoms with Gasteiger partial charge in [0.25, 0.3) is 0 Å². The monoisotopic (exact) mass is 438 g/mol. The number of ketones is 1. The van der Waals surface area contributed by atoms with Crippen molar-refractivity contribution in [2.75, 3.05) is 13.7 Å². The van der Waals surface area contributed by atoms with Crippen molar-refractivity contribution >= 4 is 22.7 Å². The number of hydrogen-bond donors (Lipinski definition) is 0. The minimum absolute atomic E-state index is 0.0475. The first-order valence-electron chi connectivity index (χ1n) is 10.4. The minimum atomic E-state index is -0.943. The summed E-state index contributed by atoms with van der Waals surface area (Å²) in [4.78, 5) is 37.3. The summed E-state index contributed by atoms with van der Waals surface area (Å²) in [6.45, 7) is 5.75. The fourth-order valence-electron chi connectivity index (χ4n) is 3.44. The van der Waals surface area contributed by atoms with Crippen molar-refractivity contribution in [3.8, 4) is 11.5 Å². The first-order valence-corrected chi connectivity index (χ1v) is 10.4. The minimum Gasteiger partial charge on any atom is -0.497 e. The Hall–Kier alpha value is -3.61. The molecule has 0 amide bonds. The molecule has 1 atom stereocenters. The molecular formula is C25H26O7. The normalized spacial score (nSPS) is 11.8. The van der Waals surface area contributed by atoms with Crippen molar-refractivity contribution in [3.63, 3.8) is 0 Å². The SMILES string of the molecule is CCOc1ccc(C(=O)[C@@H](C)OC(=O)CCc2c(C)c3ccc(OC)cc3oc2=O)cc1. The van der Waals surface area contributed by atoms with Gasteiger partial charge in [0.2, 0.25) is 5.78 Å². The van der Waals surface area contributed by atoms with Crippen LogP contribution in [0.3, 0.4) is 0 Å². The van der Waals surface area contributed by atoms with E-state index in [4.69, 9.17) is 18.6 Å². The van der Waals surface area contributed by atoms with E-state index in [9.17, 15) is 14.4 Å². The van der Waals surface area contributed by atoms with Crippen LogP contribution in [0.15, 0.2) is 51.7 Å². The number of methoxy groups -OCH3 is 1. The van der Waals surface area contributed by atoms with E-state index in [1.165, 1.54) is 14.0 Å². The Balaban J connectivity index is 1.64. The molecule has 0 bridgehead atoms. The van der Waals surface area contributed by atoms with Gasteiger partial charge < -0.3 is 18.6 Å². The van der Waals surface area contributed by atoms with Gasteiger partial charge >= 0.3 is 11.6 Å². The standard InChI is InChI=1S/C25H26O7/c1-5-30-18-8-6-17(7-9-18)24(27)16(3)31-23(26)13-12-21-15(2)20-11-10-19(29-4)14-22(20)32-25(21)28/h6-11,14,16H,5,12-13H2,1-4H3/t16-/m1/s1. The third-order valence-corrected chi connectivity index (χ3v) is 5.20. The number of benzene rings is 2. The van der Waals surface area contributed by atoms with E-state index < -0.39 is 17.7 Å². The molecule has 1 heterocycles. The molecule has 2 aromatic carbocycles. The summed E-state index contributed by atoms with van der Waals surface area (Å²) in [5.41, 5.74) is 1.49. The van der Waals surface area contributed by atoms with Gasteiger partial charge in [0.05, 0.1) is 13.7 Å². The summed E-state index contributed by atoms with van der Waals surface area (Å²) in [5, 5.41) is 0.771. The summed E-state index contributed by atoms with van der Waals surface area (Å²) >= 11 is 0. The second kappa shape index (κ2) is 10.1. The summed E-state index contributed by atoms with van der Waals surface area (Å²) in [7, 11) is 1.54. The van der Waals surface area contributed by atoms with Crippen LogP contribution < -0.4 is 15.1 Å². The Labute approximate surface area is 185 Å². The zero-order valence-corrected chi connectivity index (χ0v) is 18.6. The van der Waals surface area contributed by atoms with Crippen LogP contribution in [0.1, 0.15) is 41.8 Å². The number of Topliss-reactive ketones (excluding diaryl/α,β-unsaturated/α-hetero) is 1. The third kappa shape index (κ3) is 5.17.